The average molecular weight is 858 g/mol. The number of thiophene rings is 1. The molecule has 0 radical (unpaired) electrons. The first kappa shape index (κ1) is 37.6. The van der Waals surface area contributed by atoms with E-state index in [0.717, 1.165) is 5.69 Å². The van der Waals surface area contributed by atoms with Crippen LogP contribution in [0.2, 0.25) is 0 Å². The Morgan fingerprint density at radius 3 is 1.62 bits per heavy atom. The summed E-state index contributed by atoms with van der Waals surface area (Å²) in [6, 6.07) is 84.3. The van der Waals surface area contributed by atoms with Crippen LogP contribution in [0.15, 0.2) is 224 Å². The van der Waals surface area contributed by atoms with Crippen molar-refractivity contribution in [2.24, 2.45) is 0 Å². The van der Waals surface area contributed by atoms with Gasteiger partial charge < -0.3 is 4.90 Å². The van der Waals surface area contributed by atoms with Gasteiger partial charge in [-0.1, -0.05) is 202 Å². The first-order chi connectivity index (χ1) is 32.5. The second-order valence-corrected chi connectivity index (χ2v) is 19.8. The molecule has 0 amide bonds. The SMILES string of the molecule is CC1(C)c2cccc(N(c3ccc4c(c3)-c3ccccc3C43c4ccccc4-c4ccccc43)c3cccc4c3sc3ccc(-c5ccccc5)cc34)c2-c2cccc(-c3ccccc3)c21. The molecule has 1 heterocycles. The van der Waals surface area contributed by atoms with Gasteiger partial charge in [-0.3, -0.25) is 0 Å². The van der Waals surface area contributed by atoms with Crippen LogP contribution in [0.25, 0.3) is 75.8 Å². The van der Waals surface area contributed by atoms with Gasteiger partial charge in [-0.2, -0.15) is 0 Å². The fourth-order valence-corrected chi connectivity index (χ4v) is 13.5. The summed E-state index contributed by atoms with van der Waals surface area (Å²) in [4.78, 5) is 2.60. The molecule has 3 aliphatic carbocycles. The van der Waals surface area contributed by atoms with Crippen LogP contribution >= 0.6 is 11.3 Å². The molecule has 11 aromatic rings. The standard InChI is InChI=1S/C64H43NS/c1-63(2)56-31-17-32-57(60(56)49-27-15-25-44(61(49)63)41-20-7-4-8-21-41)65(58-33-16-26-48-51-38-42(40-18-5-3-6-19-40)34-37-59(51)66-62(48)58)43-35-36-55-50(39-43)47-24-11-14-30-54(47)64(55)52-28-12-9-22-45(52)46-23-10-13-29-53(46)64/h3-39H,1-2H3. The van der Waals surface area contributed by atoms with Gasteiger partial charge >= 0.3 is 0 Å². The summed E-state index contributed by atoms with van der Waals surface area (Å²) in [6.45, 7) is 4.83. The van der Waals surface area contributed by atoms with Crippen LogP contribution < -0.4 is 4.90 Å². The second-order valence-electron chi connectivity index (χ2n) is 18.7. The lowest BCUT2D eigenvalue weighted by atomic mass is 9.70. The van der Waals surface area contributed by atoms with E-state index < -0.39 is 5.41 Å². The number of benzene rings is 10. The van der Waals surface area contributed by atoms with Gasteiger partial charge in [0, 0.05) is 32.1 Å². The molecule has 0 saturated carbocycles. The minimum atomic E-state index is -0.408. The highest BCUT2D eigenvalue weighted by Gasteiger charge is 2.51. The van der Waals surface area contributed by atoms with Crippen LogP contribution in [0, 0.1) is 0 Å². The smallest absolute Gasteiger partial charge is 0.0725 e. The molecular weight excluding hydrogens is 815 g/mol. The predicted molar refractivity (Wildman–Crippen MR) is 279 cm³/mol. The van der Waals surface area contributed by atoms with Crippen LogP contribution in [0.5, 0.6) is 0 Å². The number of hydrogen-bond donors (Lipinski definition) is 0. The third-order valence-electron chi connectivity index (χ3n) is 15.1. The summed E-state index contributed by atoms with van der Waals surface area (Å²) in [5, 5.41) is 2.57. The molecule has 14 rings (SSSR count). The molecule has 1 nitrogen and oxygen atoms in total. The van der Waals surface area contributed by atoms with Gasteiger partial charge in [0.05, 0.1) is 21.5 Å². The maximum Gasteiger partial charge on any atom is 0.0725 e. The Kier molecular flexibility index (Phi) is 7.89. The Balaban J connectivity index is 1.05. The molecule has 1 spiro atoms. The average Bonchev–Trinajstić information content (AvgIpc) is 4.07. The van der Waals surface area contributed by atoms with E-state index >= 15 is 0 Å². The molecule has 0 fully saturated rings. The summed E-state index contributed by atoms with van der Waals surface area (Å²) in [5.41, 5.74) is 23.9. The Hall–Kier alpha value is -7.78. The normalized spacial score (nSPS) is 14.2. The molecule has 0 saturated heterocycles. The number of anilines is 3. The summed E-state index contributed by atoms with van der Waals surface area (Å²) in [5.74, 6) is 0. The molecule has 0 atom stereocenters. The topological polar surface area (TPSA) is 3.24 Å². The molecular formula is C64H43NS. The van der Waals surface area contributed by atoms with Gasteiger partial charge in [-0.05, 0) is 120 Å². The predicted octanol–water partition coefficient (Wildman–Crippen LogP) is 17.5. The van der Waals surface area contributed by atoms with Gasteiger partial charge in [-0.25, -0.2) is 0 Å². The fourth-order valence-electron chi connectivity index (χ4n) is 12.4. The first-order valence-corrected chi connectivity index (χ1v) is 23.9. The lowest BCUT2D eigenvalue weighted by Gasteiger charge is -2.32. The van der Waals surface area contributed by atoms with Crippen molar-refractivity contribution >= 4 is 48.6 Å². The van der Waals surface area contributed by atoms with E-state index in [1.165, 1.54) is 121 Å². The van der Waals surface area contributed by atoms with E-state index in [1.54, 1.807) is 0 Å². The first-order valence-electron chi connectivity index (χ1n) is 23.1. The fraction of sp³-hybridized carbons (Fsp3) is 0.0625. The zero-order valence-electron chi connectivity index (χ0n) is 36.7. The molecule has 0 unspecified atom stereocenters. The molecule has 3 aliphatic rings. The molecule has 310 valence electrons. The highest BCUT2D eigenvalue weighted by atomic mass is 32.1. The van der Waals surface area contributed by atoms with E-state index in [2.05, 4.69) is 243 Å². The Morgan fingerprint density at radius 1 is 0.364 bits per heavy atom. The minimum absolute atomic E-state index is 0.233. The van der Waals surface area contributed by atoms with Crippen molar-refractivity contribution in [3.8, 4) is 55.6 Å². The lowest BCUT2D eigenvalue weighted by Crippen LogP contribution is -2.25. The third kappa shape index (κ3) is 5.00. The summed E-state index contributed by atoms with van der Waals surface area (Å²) in [7, 11) is 0. The Labute approximate surface area is 389 Å². The van der Waals surface area contributed by atoms with Crippen LogP contribution in [0.3, 0.4) is 0 Å². The van der Waals surface area contributed by atoms with Crippen LogP contribution in [-0.4, -0.2) is 0 Å². The van der Waals surface area contributed by atoms with Crippen LogP contribution in [0.4, 0.5) is 17.1 Å². The number of nitrogens with zero attached hydrogens (tertiary/aromatic N) is 1. The summed E-state index contributed by atoms with van der Waals surface area (Å²) >= 11 is 1.90. The van der Waals surface area contributed by atoms with Crippen molar-refractivity contribution in [3.05, 3.63) is 258 Å². The second kappa shape index (κ2) is 13.9. The van der Waals surface area contributed by atoms with Crippen molar-refractivity contribution in [1.29, 1.82) is 0 Å². The largest absolute Gasteiger partial charge is 0.308 e. The van der Waals surface area contributed by atoms with E-state index in [9.17, 15) is 0 Å². The Morgan fingerprint density at radius 2 is 0.909 bits per heavy atom. The Bertz CT molecular complexity index is 3750. The molecule has 66 heavy (non-hydrogen) atoms. The van der Waals surface area contributed by atoms with Gasteiger partial charge in [0.25, 0.3) is 0 Å². The van der Waals surface area contributed by atoms with Crippen molar-refractivity contribution < 1.29 is 0 Å². The monoisotopic (exact) mass is 857 g/mol. The zero-order valence-corrected chi connectivity index (χ0v) is 37.5. The quantitative estimate of drug-likeness (QED) is 0.167. The summed E-state index contributed by atoms with van der Waals surface area (Å²) in [6.07, 6.45) is 0. The zero-order chi connectivity index (χ0) is 43.7. The lowest BCUT2D eigenvalue weighted by molar-refractivity contribution is 0.662. The molecule has 2 heteroatoms. The maximum atomic E-state index is 2.60. The van der Waals surface area contributed by atoms with Crippen molar-refractivity contribution in [1.82, 2.24) is 0 Å². The van der Waals surface area contributed by atoms with Crippen molar-refractivity contribution in [3.63, 3.8) is 0 Å². The third-order valence-corrected chi connectivity index (χ3v) is 16.3. The van der Waals surface area contributed by atoms with Crippen LogP contribution in [0.1, 0.15) is 47.2 Å². The number of hydrogen-bond acceptors (Lipinski definition) is 2. The number of rotatable bonds is 5. The van der Waals surface area contributed by atoms with Crippen molar-refractivity contribution in [2.45, 2.75) is 24.7 Å². The molecule has 0 bridgehead atoms. The van der Waals surface area contributed by atoms with Crippen molar-refractivity contribution in [2.75, 3.05) is 4.90 Å². The molecule has 10 aromatic carbocycles. The van der Waals surface area contributed by atoms with Gasteiger partial charge in [0.2, 0.25) is 0 Å². The summed E-state index contributed by atoms with van der Waals surface area (Å²) < 4.78 is 2.57. The highest BCUT2D eigenvalue weighted by Crippen LogP contribution is 2.64. The van der Waals surface area contributed by atoms with E-state index in [-0.39, 0.29) is 5.41 Å². The van der Waals surface area contributed by atoms with Crippen LogP contribution in [-0.2, 0) is 10.8 Å². The van der Waals surface area contributed by atoms with Gasteiger partial charge in [0.15, 0.2) is 0 Å². The van der Waals surface area contributed by atoms with E-state index in [1.807, 2.05) is 11.3 Å². The van der Waals surface area contributed by atoms with E-state index in [4.69, 9.17) is 0 Å². The van der Waals surface area contributed by atoms with Gasteiger partial charge in [0.1, 0.15) is 0 Å². The molecule has 0 aliphatic heterocycles. The molecule has 0 N–H and O–H groups in total. The molecule has 1 aromatic heterocycles. The minimum Gasteiger partial charge on any atom is -0.308 e. The van der Waals surface area contributed by atoms with E-state index in [0.29, 0.717) is 0 Å². The highest BCUT2D eigenvalue weighted by molar-refractivity contribution is 7.26. The van der Waals surface area contributed by atoms with Gasteiger partial charge in [-0.15, -0.1) is 11.3 Å². The maximum absolute atomic E-state index is 2.60. The number of fused-ring (bicyclic) bond motifs is 16.